The number of hydrogen-bond acceptors (Lipinski definition) is 5. The van der Waals surface area contributed by atoms with Gasteiger partial charge in [-0.25, -0.2) is 13.2 Å². The SMILES string of the molecule is CCOC(=O)c1cc(NC(=O)[C@H](C)N(c2ccc(Cl)cc2)S(C)(=O)=O)ccc1Cl. The summed E-state index contributed by atoms with van der Waals surface area (Å²) in [5.41, 5.74) is 0.665. The van der Waals surface area contributed by atoms with Gasteiger partial charge >= 0.3 is 5.97 Å². The van der Waals surface area contributed by atoms with Crippen LogP contribution in [0.4, 0.5) is 11.4 Å². The summed E-state index contributed by atoms with van der Waals surface area (Å²) in [4.78, 5) is 24.7. The maximum atomic E-state index is 12.7. The first-order valence-corrected chi connectivity index (χ1v) is 11.2. The number of hydrogen-bond donors (Lipinski definition) is 1. The molecule has 2 rings (SSSR count). The van der Waals surface area contributed by atoms with Crippen molar-refractivity contribution in [1.29, 1.82) is 0 Å². The maximum absolute atomic E-state index is 12.7. The molecule has 0 fully saturated rings. The molecule has 10 heteroatoms. The van der Waals surface area contributed by atoms with Gasteiger partial charge in [0.1, 0.15) is 6.04 Å². The summed E-state index contributed by atoms with van der Waals surface area (Å²) in [7, 11) is -3.77. The minimum absolute atomic E-state index is 0.0941. The molecule has 29 heavy (non-hydrogen) atoms. The Morgan fingerprint density at radius 3 is 2.31 bits per heavy atom. The lowest BCUT2D eigenvalue weighted by Gasteiger charge is -2.28. The lowest BCUT2D eigenvalue weighted by atomic mass is 10.2. The van der Waals surface area contributed by atoms with E-state index >= 15 is 0 Å². The van der Waals surface area contributed by atoms with Crippen LogP contribution >= 0.6 is 23.2 Å². The van der Waals surface area contributed by atoms with E-state index < -0.39 is 27.9 Å². The zero-order valence-corrected chi connectivity index (χ0v) is 18.3. The molecule has 2 aromatic rings. The molecule has 0 bridgehead atoms. The van der Waals surface area contributed by atoms with Gasteiger partial charge in [-0.3, -0.25) is 9.10 Å². The molecule has 0 aromatic heterocycles. The highest BCUT2D eigenvalue weighted by Crippen LogP contribution is 2.25. The van der Waals surface area contributed by atoms with Crippen molar-refractivity contribution in [1.82, 2.24) is 0 Å². The monoisotopic (exact) mass is 458 g/mol. The number of nitrogens with one attached hydrogen (secondary N) is 1. The fourth-order valence-electron chi connectivity index (χ4n) is 2.61. The third-order valence-corrected chi connectivity index (χ3v) is 5.72. The van der Waals surface area contributed by atoms with Crippen LogP contribution in [0.3, 0.4) is 0 Å². The highest BCUT2D eigenvalue weighted by Gasteiger charge is 2.29. The number of sulfonamides is 1. The van der Waals surface area contributed by atoms with Crippen LogP contribution in [0, 0.1) is 0 Å². The van der Waals surface area contributed by atoms with E-state index in [0.29, 0.717) is 10.7 Å². The minimum atomic E-state index is -3.77. The van der Waals surface area contributed by atoms with E-state index in [4.69, 9.17) is 27.9 Å². The molecule has 0 heterocycles. The third-order valence-electron chi connectivity index (χ3n) is 3.90. The molecular weight excluding hydrogens is 439 g/mol. The van der Waals surface area contributed by atoms with Gasteiger partial charge in [0.25, 0.3) is 0 Å². The molecule has 0 radical (unpaired) electrons. The molecule has 7 nitrogen and oxygen atoms in total. The van der Waals surface area contributed by atoms with E-state index in [-0.39, 0.29) is 22.9 Å². The second-order valence-corrected chi connectivity index (χ2v) is 8.82. The van der Waals surface area contributed by atoms with Crippen LogP contribution in [-0.4, -0.2) is 39.2 Å². The van der Waals surface area contributed by atoms with Crippen molar-refractivity contribution in [3.63, 3.8) is 0 Å². The van der Waals surface area contributed by atoms with Gasteiger partial charge < -0.3 is 10.1 Å². The van der Waals surface area contributed by atoms with Crippen molar-refractivity contribution in [2.45, 2.75) is 19.9 Å². The van der Waals surface area contributed by atoms with Gasteiger partial charge in [0.05, 0.1) is 29.1 Å². The Morgan fingerprint density at radius 1 is 1.14 bits per heavy atom. The molecule has 0 aliphatic rings. The molecule has 156 valence electrons. The average molecular weight is 459 g/mol. The molecule has 0 saturated carbocycles. The molecule has 0 spiro atoms. The van der Waals surface area contributed by atoms with Crippen LogP contribution in [0.15, 0.2) is 42.5 Å². The van der Waals surface area contributed by atoms with Crippen molar-refractivity contribution in [3.05, 3.63) is 58.1 Å². The van der Waals surface area contributed by atoms with Crippen LogP contribution in [0.2, 0.25) is 10.0 Å². The van der Waals surface area contributed by atoms with E-state index in [1.807, 2.05) is 0 Å². The van der Waals surface area contributed by atoms with Gasteiger partial charge in [-0.1, -0.05) is 23.2 Å². The summed E-state index contributed by atoms with van der Waals surface area (Å²) in [6, 6.07) is 9.33. The van der Waals surface area contributed by atoms with Crippen molar-refractivity contribution < 1.29 is 22.7 Å². The van der Waals surface area contributed by atoms with E-state index in [1.54, 1.807) is 6.92 Å². The highest BCUT2D eigenvalue weighted by molar-refractivity contribution is 7.92. The molecule has 0 aliphatic carbocycles. The number of nitrogens with zero attached hydrogens (tertiary/aromatic N) is 1. The van der Waals surface area contributed by atoms with E-state index in [1.165, 1.54) is 49.4 Å². The average Bonchev–Trinajstić information content (AvgIpc) is 2.64. The third kappa shape index (κ3) is 5.85. The topological polar surface area (TPSA) is 92.8 Å². The number of ether oxygens (including phenoxy) is 1. The fourth-order valence-corrected chi connectivity index (χ4v) is 4.11. The van der Waals surface area contributed by atoms with Crippen LogP contribution in [0.5, 0.6) is 0 Å². The first-order valence-electron chi connectivity index (χ1n) is 8.57. The van der Waals surface area contributed by atoms with Crippen LogP contribution in [-0.2, 0) is 19.6 Å². The molecule has 0 unspecified atom stereocenters. The lowest BCUT2D eigenvalue weighted by Crippen LogP contribution is -2.45. The zero-order valence-electron chi connectivity index (χ0n) is 16.0. The molecule has 1 N–H and O–H groups in total. The Balaban J connectivity index is 2.29. The van der Waals surface area contributed by atoms with Gasteiger partial charge in [0.15, 0.2) is 0 Å². The first-order chi connectivity index (χ1) is 13.5. The maximum Gasteiger partial charge on any atom is 0.339 e. The number of rotatable bonds is 7. The lowest BCUT2D eigenvalue weighted by molar-refractivity contribution is -0.116. The number of carbonyl (C=O) groups is 2. The standard InChI is InChI=1S/C19H20Cl2N2O5S/c1-4-28-19(25)16-11-14(7-10-17(16)21)22-18(24)12(2)23(29(3,26)27)15-8-5-13(20)6-9-15/h5-12H,4H2,1-3H3,(H,22,24)/t12-/m0/s1. The number of anilines is 2. The number of benzene rings is 2. The summed E-state index contributed by atoms with van der Waals surface area (Å²) < 4.78 is 30.5. The largest absolute Gasteiger partial charge is 0.462 e. The predicted molar refractivity (Wildman–Crippen MR) is 114 cm³/mol. The smallest absolute Gasteiger partial charge is 0.339 e. The van der Waals surface area contributed by atoms with Gasteiger partial charge in [-0.15, -0.1) is 0 Å². The number of halogens is 2. The van der Waals surface area contributed by atoms with Crippen molar-refractivity contribution in [2.75, 3.05) is 22.5 Å². The summed E-state index contributed by atoms with van der Waals surface area (Å²) >= 11 is 11.9. The summed E-state index contributed by atoms with van der Waals surface area (Å²) in [6.45, 7) is 3.29. The van der Waals surface area contributed by atoms with E-state index in [0.717, 1.165) is 10.6 Å². The number of amides is 1. The Labute approximate surface area is 179 Å². The highest BCUT2D eigenvalue weighted by atomic mass is 35.5. The number of carbonyl (C=O) groups excluding carboxylic acids is 2. The fraction of sp³-hybridized carbons (Fsp3) is 0.263. The summed E-state index contributed by atoms with van der Waals surface area (Å²) in [5.74, 6) is -1.22. The van der Waals surface area contributed by atoms with Gasteiger partial charge in [-0.2, -0.15) is 0 Å². The Morgan fingerprint density at radius 2 is 1.76 bits per heavy atom. The second-order valence-electron chi connectivity index (χ2n) is 6.12. The summed E-state index contributed by atoms with van der Waals surface area (Å²) in [5, 5.41) is 3.21. The molecule has 1 amide bonds. The van der Waals surface area contributed by atoms with Crippen molar-refractivity contribution in [2.24, 2.45) is 0 Å². The molecular formula is C19H20Cl2N2O5S. The van der Waals surface area contributed by atoms with E-state index in [2.05, 4.69) is 5.32 Å². The van der Waals surface area contributed by atoms with Gasteiger partial charge in [0, 0.05) is 10.7 Å². The van der Waals surface area contributed by atoms with Crippen molar-refractivity contribution >= 4 is 56.5 Å². The van der Waals surface area contributed by atoms with Crippen molar-refractivity contribution in [3.8, 4) is 0 Å². The molecule has 0 aliphatic heterocycles. The Bertz CT molecular complexity index is 1010. The zero-order chi connectivity index (χ0) is 21.8. The van der Waals surface area contributed by atoms with Crippen LogP contribution in [0.25, 0.3) is 0 Å². The van der Waals surface area contributed by atoms with Crippen LogP contribution < -0.4 is 9.62 Å². The van der Waals surface area contributed by atoms with E-state index in [9.17, 15) is 18.0 Å². The minimum Gasteiger partial charge on any atom is -0.462 e. The molecule has 0 saturated heterocycles. The molecule has 1 atom stereocenters. The first kappa shape index (κ1) is 23.0. The van der Waals surface area contributed by atoms with Crippen LogP contribution in [0.1, 0.15) is 24.2 Å². The predicted octanol–water partition coefficient (Wildman–Crippen LogP) is 3.96. The van der Waals surface area contributed by atoms with Gasteiger partial charge in [0.2, 0.25) is 15.9 Å². The second kappa shape index (κ2) is 9.47. The Kier molecular flexibility index (Phi) is 7.51. The normalized spacial score (nSPS) is 12.2. The number of esters is 1. The van der Waals surface area contributed by atoms with Gasteiger partial charge in [-0.05, 0) is 56.3 Å². The Hall–Kier alpha value is -2.29. The summed E-state index contributed by atoms with van der Waals surface area (Å²) in [6.07, 6.45) is 1.01. The molecule has 2 aromatic carbocycles. The quantitative estimate of drug-likeness (QED) is 0.633.